The first kappa shape index (κ1) is 25.7. The highest BCUT2D eigenvalue weighted by Gasteiger charge is 2.32. The Kier molecular flexibility index (Phi) is 8.96. The molecule has 0 bridgehead atoms. The number of carbonyl (C=O) groups is 1. The Morgan fingerprint density at radius 1 is 0.935 bits per heavy atom. The van der Waals surface area contributed by atoms with Crippen molar-refractivity contribution in [3.63, 3.8) is 0 Å². The fourth-order valence-electron chi connectivity index (χ4n) is 4.29. The van der Waals surface area contributed by atoms with Crippen molar-refractivity contribution >= 4 is 6.09 Å². The van der Waals surface area contributed by atoms with Gasteiger partial charge in [-0.2, -0.15) is 0 Å². The fourth-order valence-corrected chi connectivity index (χ4v) is 4.29. The van der Waals surface area contributed by atoms with Crippen LogP contribution in [0.5, 0.6) is 0 Å². The summed E-state index contributed by atoms with van der Waals surface area (Å²) in [6, 6.07) is 10.3. The Morgan fingerprint density at radius 2 is 1.52 bits per heavy atom. The summed E-state index contributed by atoms with van der Waals surface area (Å²) in [6.07, 6.45) is 2.72. The maximum atomic E-state index is 12.2. The summed E-state index contributed by atoms with van der Waals surface area (Å²) >= 11 is 0. The molecule has 0 unspecified atom stereocenters. The van der Waals surface area contributed by atoms with Gasteiger partial charge in [0.05, 0.1) is 25.9 Å². The van der Waals surface area contributed by atoms with Crippen LogP contribution in [-0.2, 0) is 20.8 Å². The number of piperidine rings is 1. The van der Waals surface area contributed by atoms with Gasteiger partial charge in [0.2, 0.25) is 0 Å². The minimum absolute atomic E-state index is 0.0574. The molecule has 176 valence electrons. The van der Waals surface area contributed by atoms with Gasteiger partial charge in [0.25, 0.3) is 0 Å². The number of ether oxygens (including phenoxy) is 3. The molecule has 2 rings (SSSR count). The molecule has 1 saturated heterocycles. The number of amides is 1. The third kappa shape index (κ3) is 10.0. The first-order chi connectivity index (χ1) is 14.4. The van der Waals surface area contributed by atoms with Crippen LogP contribution < -0.4 is 0 Å². The highest BCUT2D eigenvalue weighted by atomic mass is 16.6. The monoisotopic (exact) mass is 433 g/mol. The van der Waals surface area contributed by atoms with Gasteiger partial charge in [-0.15, -0.1) is 0 Å². The highest BCUT2D eigenvalue weighted by Crippen LogP contribution is 2.35. The van der Waals surface area contributed by atoms with Crippen molar-refractivity contribution in [2.45, 2.75) is 86.0 Å². The van der Waals surface area contributed by atoms with E-state index in [-0.39, 0.29) is 23.0 Å². The minimum Gasteiger partial charge on any atom is -0.444 e. The molecule has 1 heterocycles. The SMILES string of the molecule is CC(C)(COCc1ccccc1)CC(C)(C)COC1CCN(C(=O)OC(C)(C)C)CC1. The number of hydrogen-bond acceptors (Lipinski definition) is 4. The Balaban J connectivity index is 1.70. The van der Waals surface area contributed by atoms with Crippen LogP contribution in [0.15, 0.2) is 30.3 Å². The van der Waals surface area contributed by atoms with Crippen molar-refractivity contribution in [2.24, 2.45) is 10.8 Å². The Morgan fingerprint density at radius 3 is 2.10 bits per heavy atom. The maximum absolute atomic E-state index is 12.2. The molecular formula is C26H43NO4. The molecule has 5 heteroatoms. The molecule has 1 aliphatic heterocycles. The molecule has 1 aromatic rings. The molecular weight excluding hydrogens is 390 g/mol. The molecule has 0 spiro atoms. The summed E-state index contributed by atoms with van der Waals surface area (Å²) in [6.45, 7) is 18.2. The predicted octanol–water partition coefficient (Wildman–Crippen LogP) is 6.06. The van der Waals surface area contributed by atoms with E-state index in [2.05, 4.69) is 39.8 Å². The number of rotatable bonds is 9. The highest BCUT2D eigenvalue weighted by molar-refractivity contribution is 5.68. The lowest BCUT2D eigenvalue weighted by Crippen LogP contribution is -2.44. The molecule has 0 atom stereocenters. The van der Waals surface area contributed by atoms with Crippen LogP contribution in [-0.4, -0.2) is 49.0 Å². The van der Waals surface area contributed by atoms with E-state index in [1.165, 1.54) is 5.56 Å². The van der Waals surface area contributed by atoms with Crippen LogP contribution in [0.4, 0.5) is 4.79 Å². The number of benzene rings is 1. The molecule has 5 nitrogen and oxygen atoms in total. The molecule has 0 N–H and O–H groups in total. The molecule has 0 aromatic heterocycles. The van der Waals surface area contributed by atoms with E-state index in [9.17, 15) is 4.79 Å². The fraction of sp³-hybridized carbons (Fsp3) is 0.731. The van der Waals surface area contributed by atoms with Crippen LogP contribution in [0.2, 0.25) is 0 Å². The van der Waals surface area contributed by atoms with Gasteiger partial charge in [-0.25, -0.2) is 4.79 Å². The molecule has 1 aliphatic rings. The van der Waals surface area contributed by atoms with E-state index in [1.807, 2.05) is 39.0 Å². The average molecular weight is 434 g/mol. The topological polar surface area (TPSA) is 48.0 Å². The summed E-state index contributed by atoms with van der Waals surface area (Å²) in [5.41, 5.74) is 0.883. The second-order valence-corrected chi connectivity index (χ2v) is 11.5. The summed E-state index contributed by atoms with van der Waals surface area (Å²) in [4.78, 5) is 14.0. The van der Waals surface area contributed by atoms with Gasteiger partial charge in [-0.05, 0) is 56.4 Å². The van der Waals surface area contributed by atoms with Crippen LogP contribution in [0.1, 0.15) is 73.3 Å². The van der Waals surface area contributed by atoms with Crippen molar-refractivity contribution < 1.29 is 19.0 Å². The van der Waals surface area contributed by atoms with Crippen molar-refractivity contribution in [2.75, 3.05) is 26.3 Å². The van der Waals surface area contributed by atoms with E-state index in [1.54, 1.807) is 4.90 Å². The van der Waals surface area contributed by atoms with E-state index < -0.39 is 5.60 Å². The largest absolute Gasteiger partial charge is 0.444 e. The van der Waals surface area contributed by atoms with Crippen LogP contribution in [0.25, 0.3) is 0 Å². The predicted molar refractivity (Wildman–Crippen MR) is 125 cm³/mol. The minimum atomic E-state index is -0.452. The van der Waals surface area contributed by atoms with Gasteiger partial charge >= 0.3 is 6.09 Å². The van der Waals surface area contributed by atoms with Crippen molar-refractivity contribution in [3.8, 4) is 0 Å². The number of likely N-dealkylation sites (tertiary alicyclic amines) is 1. The maximum Gasteiger partial charge on any atom is 0.410 e. The molecule has 0 aliphatic carbocycles. The Labute approximate surface area is 189 Å². The lowest BCUT2D eigenvalue weighted by molar-refractivity contribution is -0.0504. The number of nitrogens with zero attached hydrogens (tertiary/aromatic N) is 1. The van der Waals surface area contributed by atoms with Gasteiger partial charge in [-0.1, -0.05) is 58.0 Å². The molecule has 1 fully saturated rings. The summed E-state index contributed by atoms with van der Waals surface area (Å²) in [5.74, 6) is 0. The van der Waals surface area contributed by atoms with Crippen molar-refractivity contribution in [3.05, 3.63) is 35.9 Å². The molecule has 0 radical (unpaired) electrons. The normalized spacial score (nSPS) is 16.4. The van der Waals surface area contributed by atoms with E-state index in [0.29, 0.717) is 26.3 Å². The Bertz CT molecular complexity index is 670. The van der Waals surface area contributed by atoms with E-state index >= 15 is 0 Å². The molecule has 1 amide bonds. The first-order valence-corrected chi connectivity index (χ1v) is 11.6. The summed E-state index contributed by atoms with van der Waals surface area (Å²) in [7, 11) is 0. The van der Waals surface area contributed by atoms with Gasteiger partial charge in [0.15, 0.2) is 0 Å². The average Bonchev–Trinajstić information content (AvgIpc) is 2.65. The zero-order valence-corrected chi connectivity index (χ0v) is 20.7. The number of hydrogen-bond donors (Lipinski definition) is 0. The summed E-state index contributed by atoms with van der Waals surface area (Å²) < 4.78 is 17.8. The smallest absolute Gasteiger partial charge is 0.410 e. The van der Waals surface area contributed by atoms with E-state index in [4.69, 9.17) is 14.2 Å². The van der Waals surface area contributed by atoms with Gasteiger partial charge in [-0.3, -0.25) is 0 Å². The third-order valence-corrected chi connectivity index (χ3v) is 5.36. The van der Waals surface area contributed by atoms with Crippen molar-refractivity contribution in [1.82, 2.24) is 4.90 Å². The first-order valence-electron chi connectivity index (χ1n) is 11.6. The van der Waals surface area contributed by atoms with Gasteiger partial charge in [0, 0.05) is 13.1 Å². The molecule has 31 heavy (non-hydrogen) atoms. The van der Waals surface area contributed by atoms with E-state index in [0.717, 1.165) is 25.9 Å². The second-order valence-electron chi connectivity index (χ2n) is 11.5. The van der Waals surface area contributed by atoms with Crippen LogP contribution >= 0.6 is 0 Å². The lowest BCUT2D eigenvalue weighted by atomic mass is 9.76. The zero-order valence-electron chi connectivity index (χ0n) is 20.7. The standard InChI is InChI=1S/C26H43NO4/c1-24(2,3)31-23(28)27-15-13-22(14-16-27)30-20-26(6,7)18-25(4,5)19-29-17-21-11-9-8-10-12-21/h8-12,22H,13-20H2,1-7H3. The number of carbonyl (C=O) groups excluding carboxylic acids is 1. The van der Waals surface area contributed by atoms with Crippen LogP contribution in [0, 0.1) is 10.8 Å². The Hall–Kier alpha value is -1.59. The lowest BCUT2D eigenvalue weighted by Gasteiger charge is -2.37. The second kappa shape index (κ2) is 10.8. The van der Waals surface area contributed by atoms with Crippen molar-refractivity contribution in [1.29, 1.82) is 0 Å². The molecule has 1 aromatic carbocycles. The summed E-state index contributed by atoms with van der Waals surface area (Å²) in [5, 5.41) is 0. The van der Waals surface area contributed by atoms with Gasteiger partial charge in [0.1, 0.15) is 5.60 Å². The van der Waals surface area contributed by atoms with Crippen LogP contribution in [0.3, 0.4) is 0 Å². The van der Waals surface area contributed by atoms with Gasteiger partial charge < -0.3 is 19.1 Å². The quantitative estimate of drug-likeness (QED) is 0.475. The molecule has 0 saturated carbocycles. The zero-order chi connectivity index (χ0) is 23.1. The third-order valence-electron chi connectivity index (χ3n) is 5.36.